The molecule has 0 saturated heterocycles. The fraction of sp³-hybridized carbons (Fsp3) is 0.562. The van der Waals surface area contributed by atoms with E-state index in [1.54, 1.807) is 26.4 Å². The van der Waals surface area contributed by atoms with Gasteiger partial charge in [-0.2, -0.15) is 0 Å². The van der Waals surface area contributed by atoms with Crippen molar-refractivity contribution in [2.75, 3.05) is 19.5 Å². The Hall–Kier alpha value is -1.20. The van der Waals surface area contributed by atoms with Crippen LogP contribution in [0.5, 0.6) is 11.5 Å². The van der Waals surface area contributed by atoms with E-state index in [4.69, 9.17) is 33.3 Å². The lowest BCUT2D eigenvalue weighted by Gasteiger charge is -2.30. The molecule has 1 fully saturated rings. The first kappa shape index (κ1) is 17.2. The van der Waals surface area contributed by atoms with Crippen LogP contribution in [0.15, 0.2) is 12.1 Å². The standard InChI is InChI=1S/C16H23ClN2O2S/c1-10-6-4-5-7-12(10)18-16(22)19-13-8-11(17)14(20-2)9-15(13)21-3/h8-10,12H,4-7H2,1-3H3,(H2,18,19,22)/t10-,12-/m0/s1. The maximum Gasteiger partial charge on any atom is 0.171 e. The Bertz CT molecular complexity index is 539. The molecule has 6 heteroatoms. The van der Waals surface area contributed by atoms with Gasteiger partial charge in [0.05, 0.1) is 24.9 Å². The molecule has 1 aromatic carbocycles. The van der Waals surface area contributed by atoms with Gasteiger partial charge in [-0.3, -0.25) is 0 Å². The average Bonchev–Trinajstić information content (AvgIpc) is 2.50. The summed E-state index contributed by atoms with van der Waals surface area (Å²) in [4.78, 5) is 0. The number of methoxy groups -OCH3 is 2. The molecule has 4 nitrogen and oxygen atoms in total. The van der Waals surface area contributed by atoms with Gasteiger partial charge in [0.1, 0.15) is 11.5 Å². The molecule has 1 aliphatic rings. The van der Waals surface area contributed by atoms with Gasteiger partial charge in [0.25, 0.3) is 0 Å². The normalized spacial score (nSPS) is 21.1. The Balaban J connectivity index is 2.06. The van der Waals surface area contributed by atoms with Crippen molar-refractivity contribution in [2.45, 2.75) is 38.6 Å². The number of thiocarbonyl (C=S) groups is 1. The third-order valence-electron chi connectivity index (χ3n) is 4.15. The summed E-state index contributed by atoms with van der Waals surface area (Å²) in [5.74, 6) is 1.85. The molecule has 1 aromatic rings. The van der Waals surface area contributed by atoms with Gasteiger partial charge in [-0.1, -0.05) is 31.4 Å². The summed E-state index contributed by atoms with van der Waals surface area (Å²) < 4.78 is 10.6. The highest BCUT2D eigenvalue weighted by atomic mass is 35.5. The highest BCUT2D eigenvalue weighted by Gasteiger charge is 2.22. The molecule has 0 spiro atoms. The maximum absolute atomic E-state index is 6.17. The number of benzene rings is 1. The summed E-state index contributed by atoms with van der Waals surface area (Å²) in [5.41, 5.74) is 0.731. The lowest BCUT2D eigenvalue weighted by atomic mass is 9.86. The molecule has 1 aliphatic carbocycles. The van der Waals surface area contributed by atoms with Crippen molar-refractivity contribution in [2.24, 2.45) is 5.92 Å². The molecule has 0 unspecified atom stereocenters. The largest absolute Gasteiger partial charge is 0.495 e. The van der Waals surface area contributed by atoms with Crippen molar-refractivity contribution in [1.29, 1.82) is 0 Å². The van der Waals surface area contributed by atoms with Crippen LogP contribution in [0.4, 0.5) is 5.69 Å². The zero-order valence-electron chi connectivity index (χ0n) is 13.2. The van der Waals surface area contributed by atoms with Crippen LogP contribution >= 0.6 is 23.8 Å². The highest BCUT2D eigenvalue weighted by molar-refractivity contribution is 7.80. The Morgan fingerprint density at radius 1 is 1.18 bits per heavy atom. The van der Waals surface area contributed by atoms with Gasteiger partial charge in [0, 0.05) is 12.1 Å². The highest BCUT2D eigenvalue weighted by Crippen LogP contribution is 2.36. The van der Waals surface area contributed by atoms with Crippen LogP contribution in [0.2, 0.25) is 5.02 Å². The molecule has 0 heterocycles. The van der Waals surface area contributed by atoms with Crippen LogP contribution < -0.4 is 20.1 Å². The molecule has 0 bridgehead atoms. The van der Waals surface area contributed by atoms with E-state index in [0.29, 0.717) is 33.6 Å². The van der Waals surface area contributed by atoms with E-state index in [1.165, 1.54) is 19.3 Å². The zero-order valence-corrected chi connectivity index (χ0v) is 14.8. The molecule has 2 rings (SSSR count). The van der Waals surface area contributed by atoms with Crippen LogP contribution in [0.25, 0.3) is 0 Å². The van der Waals surface area contributed by atoms with Gasteiger partial charge in [0.15, 0.2) is 5.11 Å². The Kier molecular flexibility index (Phi) is 6.15. The Morgan fingerprint density at radius 3 is 2.50 bits per heavy atom. The van der Waals surface area contributed by atoms with E-state index < -0.39 is 0 Å². The second-order valence-corrected chi connectivity index (χ2v) is 6.47. The lowest BCUT2D eigenvalue weighted by molar-refractivity contribution is 0.309. The molecule has 1 saturated carbocycles. The fourth-order valence-corrected chi connectivity index (χ4v) is 3.32. The van der Waals surface area contributed by atoms with E-state index >= 15 is 0 Å². The van der Waals surface area contributed by atoms with Crippen molar-refractivity contribution in [1.82, 2.24) is 5.32 Å². The summed E-state index contributed by atoms with van der Waals surface area (Å²) in [7, 11) is 3.18. The number of anilines is 1. The predicted octanol–water partition coefficient (Wildman–Crippen LogP) is 4.22. The molecule has 0 aromatic heterocycles. The van der Waals surface area contributed by atoms with Crippen LogP contribution in [-0.4, -0.2) is 25.4 Å². The average molecular weight is 343 g/mol. The van der Waals surface area contributed by atoms with Crippen LogP contribution in [0.1, 0.15) is 32.6 Å². The van der Waals surface area contributed by atoms with Crippen molar-refractivity contribution < 1.29 is 9.47 Å². The van der Waals surface area contributed by atoms with Crippen molar-refractivity contribution >= 4 is 34.6 Å². The first-order valence-corrected chi connectivity index (χ1v) is 8.32. The minimum absolute atomic E-state index is 0.425. The van der Waals surface area contributed by atoms with E-state index in [2.05, 4.69) is 17.6 Å². The molecule has 122 valence electrons. The van der Waals surface area contributed by atoms with Crippen LogP contribution in [0.3, 0.4) is 0 Å². The van der Waals surface area contributed by atoms with E-state index in [-0.39, 0.29) is 0 Å². The molecule has 0 aliphatic heterocycles. The first-order chi connectivity index (χ1) is 10.5. The summed E-state index contributed by atoms with van der Waals surface area (Å²) in [6.07, 6.45) is 4.96. The quantitative estimate of drug-likeness (QED) is 0.802. The smallest absolute Gasteiger partial charge is 0.171 e. The molecule has 2 N–H and O–H groups in total. The minimum Gasteiger partial charge on any atom is -0.495 e. The maximum atomic E-state index is 6.17. The van der Waals surface area contributed by atoms with Gasteiger partial charge in [0.2, 0.25) is 0 Å². The lowest BCUT2D eigenvalue weighted by Crippen LogP contribution is -2.43. The molecular weight excluding hydrogens is 320 g/mol. The molecule has 2 atom stereocenters. The number of ether oxygens (including phenoxy) is 2. The second-order valence-electron chi connectivity index (χ2n) is 5.65. The van der Waals surface area contributed by atoms with Gasteiger partial charge in [-0.25, -0.2) is 0 Å². The molecule has 0 amide bonds. The number of nitrogens with one attached hydrogen (secondary N) is 2. The Morgan fingerprint density at radius 2 is 1.86 bits per heavy atom. The number of halogens is 1. The van der Waals surface area contributed by atoms with Crippen LogP contribution in [0, 0.1) is 5.92 Å². The summed E-state index contributed by atoms with van der Waals surface area (Å²) in [6, 6.07) is 3.93. The Labute approximate surface area is 142 Å². The monoisotopic (exact) mass is 342 g/mol. The number of hydrogen-bond donors (Lipinski definition) is 2. The third kappa shape index (κ3) is 4.17. The fourth-order valence-electron chi connectivity index (χ4n) is 2.82. The molecule has 0 radical (unpaired) electrons. The summed E-state index contributed by atoms with van der Waals surface area (Å²) in [6.45, 7) is 2.27. The third-order valence-corrected chi connectivity index (χ3v) is 4.67. The van der Waals surface area contributed by atoms with Crippen molar-refractivity contribution in [3.63, 3.8) is 0 Å². The molecular formula is C16H23ClN2O2S. The van der Waals surface area contributed by atoms with Gasteiger partial charge in [-0.15, -0.1) is 0 Å². The van der Waals surface area contributed by atoms with E-state index in [1.807, 2.05) is 0 Å². The van der Waals surface area contributed by atoms with Gasteiger partial charge in [-0.05, 0) is 37.0 Å². The second kappa shape index (κ2) is 7.88. The predicted molar refractivity (Wildman–Crippen MR) is 95.3 cm³/mol. The van der Waals surface area contributed by atoms with Gasteiger partial charge < -0.3 is 20.1 Å². The number of hydrogen-bond acceptors (Lipinski definition) is 3. The topological polar surface area (TPSA) is 42.5 Å². The zero-order chi connectivity index (χ0) is 16.1. The van der Waals surface area contributed by atoms with Crippen molar-refractivity contribution in [3.8, 4) is 11.5 Å². The van der Waals surface area contributed by atoms with Crippen molar-refractivity contribution in [3.05, 3.63) is 17.2 Å². The SMILES string of the molecule is COc1cc(OC)c(NC(=S)N[C@H]2CCCC[C@@H]2C)cc1Cl. The molecule has 22 heavy (non-hydrogen) atoms. The van der Waals surface area contributed by atoms with E-state index in [9.17, 15) is 0 Å². The summed E-state index contributed by atoms with van der Waals surface area (Å²) in [5, 5.41) is 7.69. The van der Waals surface area contributed by atoms with Gasteiger partial charge >= 0.3 is 0 Å². The first-order valence-electron chi connectivity index (χ1n) is 7.54. The summed E-state index contributed by atoms with van der Waals surface area (Å²) >= 11 is 11.6. The van der Waals surface area contributed by atoms with Crippen LogP contribution in [-0.2, 0) is 0 Å². The number of rotatable bonds is 4. The minimum atomic E-state index is 0.425. The van der Waals surface area contributed by atoms with E-state index in [0.717, 1.165) is 12.1 Å².